The van der Waals surface area contributed by atoms with E-state index in [1.807, 2.05) is 12.1 Å². The van der Waals surface area contributed by atoms with Crippen LogP contribution in [0, 0.1) is 0 Å². The van der Waals surface area contributed by atoms with Crippen molar-refractivity contribution in [3.8, 4) is 0 Å². The molecule has 0 saturated carbocycles. The van der Waals surface area contributed by atoms with Crippen LogP contribution in [0.4, 0.5) is 10.5 Å². The molecule has 0 atom stereocenters. The van der Waals surface area contributed by atoms with Gasteiger partial charge in [0.25, 0.3) is 0 Å². The van der Waals surface area contributed by atoms with Crippen LogP contribution in [0.15, 0.2) is 18.2 Å². The summed E-state index contributed by atoms with van der Waals surface area (Å²) in [5.41, 5.74) is 3.38. The molecule has 1 aromatic carbocycles. The average molecular weight is 205 g/mol. The van der Waals surface area contributed by atoms with Crippen molar-refractivity contribution in [3.05, 3.63) is 29.3 Å². The third-order valence-corrected chi connectivity index (χ3v) is 3.02. The van der Waals surface area contributed by atoms with Crippen LogP contribution < -0.4 is 4.90 Å². The molecule has 1 aliphatic carbocycles. The molecule has 1 amide bonds. The van der Waals surface area contributed by atoms with Gasteiger partial charge in [-0.3, -0.25) is 4.90 Å². The highest BCUT2D eigenvalue weighted by Crippen LogP contribution is 2.29. The van der Waals surface area contributed by atoms with Crippen LogP contribution in [0.25, 0.3) is 0 Å². The van der Waals surface area contributed by atoms with Gasteiger partial charge in [0.2, 0.25) is 0 Å². The second-order valence-corrected chi connectivity index (χ2v) is 3.96. The van der Waals surface area contributed by atoms with Crippen LogP contribution >= 0.6 is 0 Å². The predicted molar refractivity (Wildman–Crippen MR) is 59.5 cm³/mol. The summed E-state index contributed by atoms with van der Waals surface area (Å²) >= 11 is 0. The van der Waals surface area contributed by atoms with Crippen LogP contribution in [0.1, 0.15) is 24.0 Å². The molecule has 0 aromatic heterocycles. The van der Waals surface area contributed by atoms with E-state index in [4.69, 9.17) is 5.11 Å². The molecule has 2 rings (SSSR count). The minimum atomic E-state index is -0.894. The summed E-state index contributed by atoms with van der Waals surface area (Å²) in [7, 11) is 1.60. The van der Waals surface area contributed by atoms with Gasteiger partial charge in [0.1, 0.15) is 0 Å². The first-order chi connectivity index (χ1) is 7.20. The highest BCUT2D eigenvalue weighted by atomic mass is 16.4. The molecule has 0 aliphatic heterocycles. The van der Waals surface area contributed by atoms with Gasteiger partial charge in [0, 0.05) is 7.05 Å². The molecule has 0 spiro atoms. The van der Waals surface area contributed by atoms with Gasteiger partial charge in [-0.1, -0.05) is 12.1 Å². The molecule has 3 nitrogen and oxygen atoms in total. The summed E-state index contributed by atoms with van der Waals surface area (Å²) in [6.07, 6.45) is 3.57. The van der Waals surface area contributed by atoms with Gasteiger partial charge in [-0.2, -0.15) is 0 Å². The number of carboxylic acid groups (broad SMARTS) is 1. The first-order valence-electron chi connectivity index (χ1n) is 5.27. The van der Waals surface area contributed by atoms with Crippen LogP contribution in [0.5, 0.6) is 0 Å². The zero-order chi connectivity index (χ0) is 10.8. The van der Waals surface area contributed by atoms with Crippen LogP contribution in [0.3, 0.4) is 0 Å². The second-order valence-electron chi connectivity index (χ2n) is 3.96. The quantitative estimate of drug-likeness (QED) is 0.765. The topological polar surface area (TPSA) is 40.5 Å². The molecule has 0 radical (unpaired) electrons. The Morgan fingerprint density at radius 2 is 2.07 bits per heavy atom. The monoisotopic (exact) mass is 205 g/mol. The van der Waals surface area contributed by atoms with Gasteiger partial charge in [-0.05, 0) is 42.9 Å². The summed E-state index contributed by atoms with van der Waals surface area (Å²) in [5.74, 6) is 0. The average Bonchev–Trinajstić information content (AvgIpc) is 2.27. The molecule has 1 N–H and O–H groups in total. The number of fused-ring (bicyclic) bond motifs is 1. The lowest BCUT2D eigenvalue weighted by Crippen LogP contribution is -2.25. The lowest BCUT2D eigenvalue weighted by atomic mass is 9.90. The van der Waals surface area contributed by atoms with E-state index < -0.39 is 6.09 Å². The Morgan fingerprint density at radius 1 is 1.33 bits per heavy atom. The van der Waals surface area contributed by atoms with Gasteiger partial charge < -0.3 is 5.11 Å². The van der Waals surface area contributed by atoms with Crippen LogP contribution in [-0.2, 0) is 12.8 Å². The molecule has 0 heterocycles. The number of aryl methyl sites for hydroxylation is 1. The van der Waals surface area contributed by atoms with E-state index >= 15 is 0 Å². The van der Waals surface area contributed by atoms with Crippen LogP contribution in [-0.4, -0.2) is 18.2 Å². The van der Waals surface area contributed by atoms with Crippen molar-refractivity contribution < 1.29 is 9.90 Å². The highest BCUT2D eigenvalue weighted by molar-refractivity contribution is 5.86. The van der Waals surface area contributed by atoms with E-state index in [2.05, 4.69) is 6.07 Å². The largest absolute Gasteiger partial charge is 0.465 e. The maximum absolute atomic E-state index is 10.9. The lowest BCUT2D eigenvalue weighted by Gasteiger charge is -2.23. The smallest absolute Gasteiger partial charge is 0.411 e. The maximum atomic E-state index is 10.9. The van der Waals surface area contributed by atoms with Crippen LogP contribution in [0.2, 0.25) is 0 Å². The molecular weight excluding hydrogens is 190 g/mol. The SMILES string of the molecule is CN(C(=O)O)c1cccc2c1CCCC2. The van der Waals surface area contributed by atoms with E-state index in [1.165, 1.54) is 22.4 Å². The van der Waals surface area contributed by atoms with Crippen molar-refractivity contribution in [1.82, 2.24) is 0 Å². The van der Waals surface area contributed by atoms with E-state index in [1.54, 1.807) is 7.05 Å². The fraction of sp³-hybridized carbons (Fsp3) is 0.417. The van der Waals surface area contributed by atoms with Crippen molar-refractivity contribution in [1.29, 1.82) is 0 Å². The lowest BCUT2D eigenvalue weighted by molar-refractivity contribution is 0.203. The van der Waals surface area contributed by atoms with Gasteiger partial charge in [-0.25, -0.2) is 4.79 Å². The highest BCUT2D eigenvalue weighted by Gasteiger charge is 2.17. The number of anilines is 1. The zero-order valence-electron chi connectivity index (χ0n) is 8.86. The predicted octanol–water partition coefficient (Wildman–Crippen LogP) is 2.68. The van der Waals surface area contributed by atoms with E-state index in [9.17, 15) is 4.79 Å². The Balaban J connectivity index is 2.43. The summed E-state index contributed by atoms with van der Waals surface area (Å²) < 4.78 is 0. The molecule has 0 saturated heterocycles. The molecule has 1 aliphatic rings. The Morgan fingerprint density at radius 3 is 2.80 bits per heavy atom. The van der Waals surface area contributed by atoms with Gasteiger partial charge in [-0.15, -0.1) is 0 Å². The standard InChI is InChI=1S/C12H15NO2/c1-13(12(14)15)11-8-4-6-9-5-2-3-7-10(9)11/h4,6,8H,2-3,5,7H2,1H3,(H,14,15). The second kappa shape index (κ2) is 3.93. The summed E-state index contributed by atoms with van der Waals surface area (Å²) in [5, 5.41) is 8.96. The molecule has 15 heavy (non-hydrogen) atoms. The summed E-state index contributed by atoms with van der Waals surface area (Å²) in [6.45, 7) is 0. The van der Waals surface area contributed by atoms with Crippen molar-refractivity contribution in [3.63, 3.8) is 0 Å². The number of benzene rings is 1. The minimum Gasteiger partial charge on any atom is -0.465 e. The Bertz CT molecular complexity index is 387. The number of amides is 1. The fourth-order valence-electron chi connectivity index (χ4n) is 2.18. The summed E-state index contributed by atoms with van der Waals surface area (Å²) in [4.78, 5) is 12.2. The first-order valence-corrected chi connectivity index (χ1v) is 5.27. The molecule has 80 valence electrons. The van der Waals surface area contributed by atoms with Gasteiger partial charge in [0.15, 0.2) is 0 Å². The Labute approximate surface area is 89.3 Å². The minimum absolute atomic E-state index is 0.847. The Hall–Kier alpha value is -1.51. The van der Waals surface area contributed by atoms with Crippen molar-refractivity contribution in [2.75, 3.05) is 11.9 Å². The zero-order valence-corrected chi connectivity index (χ0v) is 8.86. The molecule has 0 fully saturated rings. The molecule has 0 bridgehead atoms. The van der Waals surface area contributed by atoms with Crippen molar-refractivity contribution in [2.24, 2.45) is 0 Å². The van der Waals surface area contributed by atoms with E-state index in [0.717, 1.165) is 24.9 Å². The third kappa shape index (κ3) is 1.82. The normalized spacial score (nSPS) is 14.5. The maximum Gasteiger partial charge on any atom is 0.411 e. The van der Waals surface area contributed by atoms with Gasteiger partial charge in [0.05, 0.1) is 5.69 Å². The molecule has 0 unspecified atom stereocenters. The first kappa shape index (κ1) is 10.0. The van der Waals surface area contributed by atoms with E-state index in [-0.39, 0.29) is 0 Å². The molecule has 3 heteroatoms. The fourth-order valence-corrected chi connectivity index (χ4v) is 2.18. The van der Waals surface area contributed by atoms with Crippen molar-refractivity contribution in [2.45, 2.75) is 25.7 Å². The van der Waals surface area contributed by atoms with E-state index in [0.29, 0.717) is 0 Å². The number of nitrogens with zero attached hydrogens (tertiary/aromatic N) is 1. The molecule has 1 aromatic rings. The summed E-state index contributed by atoms with van der Waals surface area (Å²) in [6, 6.07) is 5.94. The third-order valence-electron chi connectivity index (χ3n) is 3.02. The number of hydrogen-bond acceptors (Lipinski definition) is 1. The van der Waals surface area contributed by atoms with Gasteiger partial charge >= 0.3 is 6.09 Å². The van der Waals surface area contributed by atoms with Crippen molar-refractivity contribution >= 4 is 11.8 Å². The molecular formula is C12H15NO2. The number of carbonyl (C=O) groups is 1. The number of rotatable bonds is 1. The number of hydrogen-bond donors (Lipinski definition) is 1. The Kier molecular flexibility index (Phi) is 2.62.